The van der Waals surface area contributed by atoms with Crippen LogP contribution in [0, 0.1) is 10.1 Å². The summed E-state index contributed by atoms with van der Waals surface area (Å²) >= 11 is 5.63. The molecule has 1 N–H and O–H groups in total. The van der Waals surface area contributed by atoms with Gasteiger partial charge in [0, 0.05) is 44.0 Å². The minimum absolute atomic E-state index is 0.0113. The molecule has 3 fully saturated rings. The fourth-order valence-corrected chi connectivity index (χ4v) is 5.28. The van der Waals surface area contributed by atoms with Gasteiger partial charge in [-0.1, -0.05) is 0 Å². The van der Waals surface area contributed by atoms with E-state index in [1.165, 1.54) is 6.07 Å². The summed E-state index contributed by atoms with van der Waals surface area (Å²) in [7, 11) is 0. The number of halogens is 4. The lowest BCUT2D eigenvalue weighted by molar-refractivity contribution is -0.386. The van der Waals surface area contributed by atoms with Crippen LogP contribution in [0.4, 0.5) is 30.5 Å². The number of fused-ring (bicyclic) bond motifs is 2. The normalized spacial score (nSPS) is 22.7. The van der Waals surface area contributed by atoms with Gasteiger partial charge in [0.25, 0.3) is 5.88 Å². The van der Waals surface area contributed by atoms with E-state index < -0.39 is 22.5 Å². The Labute approximate surface area is 215 Å². The third-order valence-corrected chi connectivity index (χ3v) is 7.18. The molecule has 200 valence electrons. The van der Waals surface area contributed by atoms with E-state index in [1.807, 2.05) is 0 Å². The molecule has 0 aromatic carbocycles. The molecule has 11 nitrogen and oxygen atoms in total. The molecule has 3 aliphatic rings. The van der Waals surface area contributed by atoms with Crippen LogP contribution in [0.25, 0.3) is 0 Å². The summed E-state index contributed by atoms with van der Waals surface area (Å²) in [4.78, 5) is 27.0. The Morgan fingerprint density at radius 3 is 2.70 bits per heavy atom. The van der Waals surface area contributed by atoms with Crippen molar-refractivity contribution in [1.29, 1.82) is 0 Å². The first-order valence-electron chi connectivity index (χ1n) is 11.8. The number of likely N-dealkylation sites (tertiary alicyclic amines) is 1. The Balaban J connectivity index is 1.20. The molecule has 15 heteroatoms. The molecule has 2 unspecified atom stereocenters. The van der Waals surface area contributed by atoms with Crippen LogP contribution >= 0.6 is 11.6 Å². The van der Waals surface area contributed by atoms with Crippen molar-refractivity contribution in [2.24, 2.45) is 0 Å². The minimum atomic E-state index is -4.65. The van der Waals surface area contributed by atoms with Crippen molar-refractivity contribution in [2.75, 3.05) is 49.7 Å². The maximum atomic E-state index is 13.1. The Kier molecular flexibility index (Phi) is 6.75. The van der Waals surface area contributed by atoms with Gasteiger partial charge in [0.15, 0.2) is 0 Å². The van der Waals surface area contributed by atoms with E-state index in [9.17, 15) is 23.3 Å². The number of pyridine rings is 1. The molecule has 0 amide bonds. The van der Waals surface area contributed by atoms with Gasteiger partial charge in [-0.2, -0.15) is 18.2 Å². The summed E-state index contributed by atoms with van der Waals surface area (Å²) in [6.45, 7) is 5.33. The van der Waals surface area contributed by atoms with E-state index in [0.29, 0.717) is 18.1 Å². The molecule has 2 atom stereocenters. The third kappa shape index (κ3) is 5.09. The van der Waals surface area contributed by atoms with Crippen LogP contribution in [0.15, 0.2) is 18.3 Å². The highest BCUT2D eigenvalue weighted by Gasteiger charge is 2.52. The van der Waals surface area contributed by atoms with Gasteiger partial charge in [0.2, 0.25) is 5.28 Å². The molecule has 3 aliphatic heterocycles. The van der Waals surface area contributed by atoms with Crippen LogP contribution in [-0.4, -0.2) is 81.9 Å². The van der Waals surface area contributed by atoms with Crippen molar-refractivity contribution in [3.8, 4) is 5.88 Å². The second kappa shape index (κ2) is 9.72. The average molecular weight is 544 g/mol. The van der Waals surface area contributed by atoms with Crippen molar-refractivity contribution >= 4 is 28.9 Å². The van der Waals surface area contributed by atoms with Crippen LogP contribution in [0.2, 0.25) is 5.28 Å². The average Bonchev–Trinajstić information content (AvgIpc) is 3.43. The second-order valence-corrected chi connectivity index (χ2v) is 9.95. The summed E-state index contributed by atoms with van der Waals surface area (Å²) < 4.78 is 50.5. The molecule has 0 radical (unpaired) electrons. The zero-order valence-corrected chi connectivity index (χ0v) is 20.6. The number of rotatable bonds is 9. The number of alkyl halides is 3. The smallest absolute Gasteiger partial charge is 0.421 e. The Bertz CT molecular complexity index is 1180. The lowest BCUT2D eigenvalue weighted by Crippen LogP contribution is -2.64. The SMILES string of the molecule is CC1(N2CC3CC2CN3c2ccc([N+](=O)[O-])c(OCCCNc3nc(Cl)ncc3C(F)(F)F)n2)COC1. The van der Waals surface area contributed by atoms with Crippen molar-refractivity contribution in [3.63, 3.8) is 0 Å². The van der Waals surface area contributed by atoms with Gasteiger partial charge in [-0.15, -0.1) is 0 Å². The molecule has 0 spiro atoms. The fraction of sp³-hybridized carbons (Fsp3) is 0.591. The Morgan fingerprint density at radius 2 is 2.08 bits per heavy atom. The molecule has 5 rings (SSSR count). The Morgan fingerprint density at radius 1 is 1.30 bits per heavy atom. The minimum Gasteiger partial charge on any atom is -0.473 e. The quantitative estimate of drug-likeness (QED) is 0.218. The van der Waals surface area contributed by atoms with E-state index in [1.54, 1.807) is 6.07 Å². The highest BCUT2D eigenvalue weighted by atomic mass is 35.5. The van der Waals surface area contributed by atoms with Crippen LogP contribution < -0.4 is 15.0 Å². The zero-order chi connectivity index (χ0) is 26.4. The van der Waals surface area contributed by atoms with E-state index in [4.69, 9.17) is 21.1 Å². The van der Waals surface area contributed by atoms with Crippen molar-refractivity contribution in [2.45, 2.75) is 43.6 Å². The van der Waals surface area contributed by atoms with Gasteiger partial charge >= 0.3 is 11.9 Å². The standard InChI is InChI=1S/C22H25ClF3N7O4/c1-21(11-36-12-21)32-10-13-7-14(32)9-31(13)17-4-3-16(33(34)35)19(29-17)37-6-2-5-27-18-15(22(24,25)26)8-28-20(23)30-18/h3-4,8,13-14H,2,5-7,9-12H2,1H3,(H,27,28,30). The number of ether oxygens (including phenoxy) is 2. The van der Waals surface area contributed by atoms with Crippen molar-refractivity contribution < 1.29 is 27.6 Å². The topological polar surface area (TPSA) is 119 Å². The number of nitro groups is 1. The summed E-state index contributed by atoms with van der Waals surface area (Å²) in [5.74, 6) is 0.0351. The number of hydrogen-bond acceptors (Lipinski definition) is 10. The lowest BCUT2D eigenvalue weighted by atomic mass is 9.96. The number of anilines is 2. The van der Waals surface area contributed by atoms with Gasteiger partial charge in [-0.3, -0.25) is 15.0 Å². The van der Waals surface area contributed by atoms with E-state index in [-0.39, 0.29) is 48.0 Å². The first-order chi connectivity index (χ1) is 17.5. The number of nitrogens with zero attached hydrogens (tertiary/aromatic N) is 6. The Hall–Kier alpha value is -2.97. The molecule has 2 bridgehead atoms. The molecule has 0 saturated carbocycles. The number of piperazine rings is 1. The molecule has 2 aromatic rings. The van der Waals surface area contributed by atoms with Crippen molar-refractivity contribution in [3.05, 3.63) is 39.3 Å². The maximum Gasteiger partial charge on any atom is 0.421 e. The zero-order valence-electron chi connectivity index (χ0n) is 19.9. The molecule has 2 aromatic heterocycles. The van der Waals surface area contributed by atoms with Gasteiger partial charge in [0.05, 0.1) is 30.3 Å². The van der Waals surface area contributed by atoms with Crippen molar-refractivity contribution in [1.82, 2.24) is 19.9 Å². The molecule has 3 saturated heterocycles. The van der Waals surface area contributed by atoms with Crippen LogP contribution in [0.3, 0.4) is 0 Å². The summed E-state index contributed by atoms with van der Waals surface area (Å²) in [6, 6.07) is 3.61. The molecular weight excluding hydrogens is 519 g/mol. The largest absolute Gasteiger partial charge is 0.473 e. The third-order valence-electron chi connectivity index (χ3n) is 6.99. The van der Waals surface area contributed by atoms with Crippen LogP contribution in [0.1, 0.15) is 25.3 Å². The first kappa shape index (κ1) is 25.7. The van der Waals surface area contributed by atoms with E-state index >= 15 is 0 Å². The van der Waals surface area contributed by atoms with Gasteiger partial charge in [-0.05, 0) is 37.4 Å². The van der Waals surface area contributed by atoms with Gasteiger partial charge in [-0.25, -0.2) is 9.97 Å². The fourth-order valence-electron chi connectivity index (χ4n) is 5.15. The highest BCUT2D eigenvalue weighted by Crippen LogP contribution is 2.41. The molecule has 37 heavy (non-hydrogen) atoms. The molecular formula is C22H25ClF3N7O4. The van der Waals surface area contributed by atoms with E-state index in [0.717, 1.165) is 32.7 Å². The molecule has 0 aliphatic carbocycles. The number of hydrogen-bond donors (Lipinski definition) is 1. The summed E-state index contributed by atoms with van der Waals surface area (Å²) in [6.07, 6.45) is -2.82. The maximum absolute atomic E-state index is 13.1. The summed E-state index contributed by atoms with van der Waals surface area (Å²) in [5.41, 5.74) is -1.25. The summed E-state index contributed by atoms with van der Waals surface area (Å²) in [5, 5.41) is 13.8. The second-order valence-electron chi connectivity index (χ2n) is 9.62. The lowest BCUT2D eigenvalue weighted by Gasteiger charge is -2.50. The first-order valence-corrected chi connectivity index (χ1v) is 12.2. The monoisotopic (exact) mass is 543 g/mol. The predicted octanol–water partition coefficient (Wildman–Crippen LogP) is 3.38. The van der Waals surface area contributed by atoms with Crippen LogP contribution in [0.5, 0.6) is 5.88 Å². The van der Waals surface area contributed by atoms with E-state index in [2.05, 4.69) is 37.0 Å². The van der Waals surface area contributed by atoms with Crippen LogP contribution in [-0.2, 0) is 10.9 Å². The van der Waals surface area contributed by atoms with Gasteiger partial charge < -0.3 is 19.7 Å². The number of aromatic nitrogens is 3. The predicted molar refractivity (Wildman–Crippen MR) is 127 cm³/mol. The van der Waals surface area contributed by atoms with Gasteiger partial charge in [0.1, 0.15) is 17.2 Å². The molecule has 5 heterocycles. The number of nitrogens with one attached hydrogen (secondary N) is 1. The highest BCUT2D eigenvalue weighted by molar-refractivity contribution is 6.28.